The van der Waals surface area contributed by atoms with Gasteiger partial charge in [-0.25, -0.2) is 0 Å². The van der Waals surface area contributed by atoms with Crippen molar-refractivity contribution < 1.29 is 5.11 Å². The highest BCUT2D eigenvalue weighted by molar-refractivity contribution is 5.00. The maximum Gasteiger partial charge on any atom is 0.0613 e. The molecular weight excluding hydrogens is 236 g/mol. The van der Waals surface area contributed by atoms with E-state index in [1.165, 1.54) is 38.5 Å². The summed E-state index contributed by atoms with van der Waals surface area (Å²) in [4.78, 5) is 2.56. The molecule has 2 fully saturated rings. The second kappa shape index (κ2) is 6.55. The normalized spacial score (nSPS) is 33.6. The molecule has 2 aliphatic carbocycles. The van der Waals surface area contributed by atoms with E-state index in [4.69, 9.17) is 0 Å². The molecule has 3 unspecified atom stereocenters. The predicted molar refractivity (Wildman–Crippen MR) is 80.4 cm³/mol. The first-order valence-electron chi connectivity index (χ1n) is 8.20. The Hall–Kier alpha value is -0.120. The third kappa shape index (κ3) is 3.93. The zero-order valence-corrected chi connectivity index (χ0v) is 13.0. The van der Waals surface area contributed by atoms with Crippen LogP contribution in [-0.4, -0.2) is 47.3 Å². The molecule has 112 valence electrons. The molecule has 0 aliphatic heterocycles. The van der Waals surface area contributed by atoms with E-state index in [9.17, 15) is 5.11 Å². The lowest BCUT2D eigenvalue weighted by molar-refractivity contribution is 0.0526. The van der Waals surface area contributed by atoms with Gasteiger partial charge in [-0.1, -0.05) is 13.3 Å². The molecule has 19 heavy (non-hydrogen) atoms. The largest absolute Gasteiger partial charge is 0.394 e. The number of nitrogens with one attached hydrogen (secondary N) is 1. The van der Waals surface area contributed by atoms with Crippen molar-refractivity contribution >= 4 is 0 Å². The molecule has 0 amide bonds. The molecule has 0 spiro atoms. The minimum absolute atomic E-state index is 0.00424. The summed E-state index contributed by atoms with van der Waals surface area (Å²) in [6.45, 7) is 4.90. The fourth-order valence-electron chi connectivity index (χ4n) is 3.64. The number of aliphatic hydroxyl groups is 1. The van der Waals surface area contributed by atoms with Gasteiger partial charge in [-0.05, 0) is 58.9 Å². The fraction of sp³-hybridized carbons (Fsp3) is 1.00. The van der Waals surface area contributed by atoms with Crippen LogP contribution in [0.3, 0.4) is 0 Å². The van der Waals surface area contributed by atoms with Crippen LogP contribution in [0.1, 0.15) is 65.2 Å². The smallest absolute Gasteiger partial charge is 0.0613 e. The second-order valence-electron chi connectivity index (χ2n) is 6.91. The molecule has 3 nitrogen and oxygen atoms in total. The van der Waals surface area contributed by atoms with Gasteiger partial charge in [0.2, 0.25) is 0 Å². The van der Waals surface area contributed by atoms with E-state index in [1.807, 2.05) is 0 Å². The first kappa shape index (κ1) is 15.3. The number of rotatable bonds is 7. The van der Waals surface area contributed by atoms with Gasteiger partial charge < -0.3 is 15.3 Å². The lowest BCUT2D eigenvalue weighted by Crippen LogP contribution is -2.57. The van der Waals surface area contributed by atoms with Crippen LogP contribution in [0.25, 0.3) is 0 Å². The van der Waals surface area contributed by atoms with Crippen LogP contribution in [0, 0.1) is 0 Å². The molecule has 0 heterocycles. The van der Waals surface area contributed by atoms with Crippen LogP contribution >= 0.6 is 0 Å². The summed E-state index contributed by atoms with van der Waals surface area (Å²) in [5.74, 6) is 0. The fourth-order valence-corrected chi connectivity index (χ4v) is 3.64. The van der Waals surface area contributed by atoms with Crippen molar-refractivity contribution in [3.8, 4) is 0 Å². The Morgan fingerprint density at radius 3 is 2.68 bits per heavy atom. The molecule has 3 heteroatoms. The van der Waals surface area contributed by atoms with Crippen LogP contribution < -0.4 is 5.32 Å². The van der Waals surface area contributed by atoms with E-state index in [2.05, 4.69) is 31.1 Å². The van der Waals surface area contributed by atoms with E-state index >= 15 is 0 Å². The summed E-state index contributed by atoms with van der Waals surface area (Å²) in [5.41, 5.74) is 0.00424. The maximum absolute atomic E-state index is 9.88. The molecule has 0 bridgehead atoms. The Morgan fingerprint density at radius 1 is 1.37 bits per heavy atom. The van der Waals surface area contributed by atoms with Gasteiger partial charge in [0.15, 0.2) is 0 Å². The molecule has 0 aromatic rings. The number of nitrogens with zero attached hydrogens (tertiary/aromatic N) is 1. The van der Waals surface area contributed by atoms with Crippen molar-refractivity contribution in [3.63, 3.8) is 0 Å². The van der Waals surface area contributed by atoms with Crippen LogP contribution in [0.5, 0.6) is 0 Å². The standard InChI is InChI=1S/C16H32N2O/c1-4-6-13(2)18(3)15-7-5-10-16(11-15,12-19)17-14-8-9-14/h13-15,17,19H,4-12H2,1-3H3. The van der Waals surface area contributed by atoms with E-state index < -0.39 is 0 Å². The lowest BCUT2D eigenvalue weighted by atomic mass is 9.78. The zero-order chi connectivity index (χ0) is 13.9. The molecule has 0 saturated heterocycles. The summed E-state index contributed by atoms with van der Waals surface area (Å²) in [5, 5.41) is 13.6. The Bertz CT molecular complexity index is 280. The Balaban J connectivity index is 1.94. The van der Waals surface area contributed by atoms with Gasteiger partial charge in [-0.3, -0.25) is 0 Å². The average Bonchev–Trinajstić information content (AvgIpc) is 3.22. The Labute approximate surface area is 118 Å². The first-order valence-corrected chi connectivity index (χ1v) is 8.20. The van der Waals surface area contributed by atoms with Crippen molar-refractivity contribution in [2.45, 2.75) is 88.9 Å². The Morgan fingerprint density at radius 2 is 2.11 bits per heavy atom. The van der Waals surface area contributed by atoms with Gasteiger partial charge in [0, 0.05) is 23.7 Å². The van der Waals surface area contributed by atoms with Gasteiger partial charge in [0.25, 0.3) is 0 Å². The minimum Gasteiger partial charge on any atom is -0.394 e. The van der Waals surface area contributed by atoms with Gasteiger partial charge in [-0.2, -0.15) is 0 Å². The summed E-state index contributed by atoms with van der Waals surface area (Å²) in [7, 11) is 2.27. The van der Waals surface area contributed by atoms with E-state index in [0.29, 0.717) is 24.7 Å². The summed E-state index contributed by atoms with van der Waals surface area (Å²) < 4.78 is 0. The molecule has 0 aromatic heterocycles. The molecule has 3 atom stereocenters. The molecule has 0 radical (unpaired) electrons. The van der Waals surface area contributed by atoms with Crippen molar-refractivity contribution in [1.29, 1.82) is 0 Å². The SMILES string of the molecule is CCCC(C)N(C)C1CCCC(CO)(NC2CC2)C1. The minimum atomic E-state index is 0.00424. The molecule has 0 aromatic carbocycles. The van der Waals surface area contributed by atoms with Crippen LogP contribution in [0.15, 0.2) is 0 Å². The average molecular weight is 268 g/mol. The van der Waals surface area contributed by atoms with Crippen molar-refractivity contribution in [1.82, 2.24) is 10.2 Å². The van der Waals surface area contributed by atoms with Gasteiger partial charge >= 0.3 is 0 Å². The highest BCUT2D eigenvalue weighted by Gasteiger charge is 2.41. The summed E-state index contributed by atoms with van der Waals surface area (Å²) in [6, 6.07) is 1.98. The molecule has 2 N–H and O–H groups in total. The predicted octanol–water partition coefficient (Wildman–Crippen LogP) is 2.53. The number of hydrogen-bond donors (Lipinski definition) is 2. The van der Waals surface area contributed by atoms with Crippen LogP contribution in [0.2, 0.25) is 0 Å². The van der Waals surface area contributed by atoms with E-state index in [0.717, 1.165) is 12.8 Å². The lowest BCUT2D eigenvalue weighted by Gasteiger charge is -2.45. The van der Waals surface area contributed by atoms with Gasteiger partial charge in [-0.15, -0.1) is 0 Å². The van der Waals surface area contributed by atoms with E-state index in [-0.39, 0.29) is 5.54 Å². The highest BCUT2D eigenvalue weighted by Crippen LogP contribution is 2.34. The number of aliphatic hydroxyl groups excluding tert-OH is 1. The number of hydrogen-bond acceptors (Lipinski definition) is 3. The van der Waals surface area contributed by atoms with Gasteiger partial charge in [0.1, 0.15) is 0 Å². The molecule has 2 aliphatic rings. The maximum atomic E-state index is 9.88. The third-order valence-electron chi connectivity index (χ3n) is 5.19. The van der Waals surface area contributed by atoms with Crippen LogP contribution in [-0.2, 0) is 0 Å². The topological polar surface area (TPSA) is 35.5 Å². The highest BCUT2D eigenvalue weighted by atomic mass is 16.3. The zero-order valence-electron chi connectivity index (χ0n) is 13.0. The Kier molecular flexibility index (Phi) is 5.27. The van der Waals surface area contributed by atoms with E-state index in [1.54, 1.807) is 0 Å². The van der Waals surface area contributed by atoms with Crippen molar-refractivity contribution in [2.24, 2.45) is 0 Å². The van der Waals surface area contributed by atoms with Gasteiger partial charge in [0.05, 0.1) is 6.61 Å². The second-order valence-corrected chi connectivity index (χ2v) is 6.91. The summed E-state index contributed by atoms with van der Waals surface area (Å²) >= 11 is 0. The first-order chi connectivity index (χ1) is 9.10. The molecular formula is C16H32N2O. The molecule has 2 saturated carbocycles. The van der Waals surface area contributed by atoms with Crippen LogP contribution in [0.4, 0.5) is 0 Å². The third-order valence-corrected chi connectivity index (χ3v) is 5.19. The summed E-state index contributed by atoms with van der Waals surface area (Å²) in [6.07, 6.45) is 9.92. The van der Waals surface area contributed by atoms with Crippen molar-refractivity contribution in [2.75, 3.05) is 13.7 Å². The monoisotopic (exact) mass is 268 g/mol. The van der Waals surface area contributed by atoms with Crippen molar-refractivity contribution in [3.05, 3.63) is 0 Å². The molecule has 2 rings (SSSR count). The quantitative estimate of drug-likeness (QED) is 0.745.